The van der Waals surface area contributed by atoms with Crippen LogP contribution in [0.15, 0.2) is 61.6 Å². The number of ether oxygens (including phenoxy) is 2. The van der Waals surface area contributed by atoms with Crippen LogP contribution in [0.25, 0.3) is 39.2 Å². The number of morpholine rings is 1. The molecule has 5 aromatic rings. The van der Waals surface area contributed by atoms with Gasteiger partial charge >= 0.3 is 0 Å². The van der Waals surface area contributed by atoms with Gasteiger partial charge < -0.3 is 24.8 Å². The molecule has 0 bridgehead atoms. The summed E-state index contributed by atoms with van der Waals surface area (Å²) in [5, 5.41) is 14.3. The van der Waals surface area contributed by atoms with Gasteiger partial charge in [-0.1, -0.05) is 29.8 Å². The van der Waals surface area contributed by atoms with Crippen LogP contribution < -0.4 is 15.0 Å². The number of fused-ring (bicyclic) bond motifs is 3. The number of phenolic OH excluding ortho intramolecular Hbond substituents is 1. The van der Waals surface area contributed by atoms with Crippen molar-refractivity contribution < 1.29 is 19.4 Å². The minimum atomic E-state index is -0.317. The van der Waals surface area contributed by atoms with Gasteiger partial charge in [-0.25, -0.2) is 15.0 Å². The molecule has 1 saturated heterocycles. The molecule has 1 fully saturated rings. The second-order valence-electron chi connectivity index (χ2n) is 9.31. The summed E-state index contributed by atoms with van der Waals surface area (Å²) < 4.78 is 12.7. The van der Waals surface area contributed by atoms with Crippen LogP contribution in [0, 0.1) is 0 Å². The zero-order chi connectivity index (χ0) is 28.7. The Labute approximate surface area is 244 Å². The van der Waals surface area contributed by atoms with E-state index >= 15 is 0 Å². The third-order valence-corrected chi connectivity index (χ3v) is 7.61. The number of halogens is 2. The van der Waals surface area contributed by atoms with Gasteiger partial charge in [-0.05, 0) is 30.3 Å². The van der Waals surface area contributed by atoms with Gasteiger partial charge in [-0.2, -0.15) is 0 Å². The minimum Gasteiger partial charge on any atom is -0.506 e. The predicted molar refractivity (Wildman–Crippen MR) is 159 cm³/mol. The summed E-state index contributed by atoms with van der Waals surface area (Å²) in [6.45, 7) is 6.23. The van der Waals surface area contributed by atoms with Crippen molar-refractivity contribution in [2.45, 2.75) is 0 Å². The molecule has 0 radical (unpaired) electrons. The van der Waals surface area contributed by atoms with Crippen LogP contribution in [0.5, 0.6) is 11.5 Å². The third-order valence-electron chi connectivity index (χ3n) is 6.85. The molecule has 0 saturated carbocycles. The number of rotatable bonds is 6. The highest BCUT2D eigenvalue weighted by atomic mass is 35.5. The smallest absolute Gasteiger partial charge is 0.247 e. The predicted octanol–water partition coefficient (Wildman–Crippen LogP) is 5.59. The van der Waals surface area contributed by atoms with Crippen LogP contribution in [-0.2, 0) is 9.53 Å². The first kappa shape index (κ1) is 26.8. The number of phenols is 1. The van der Waals surface area contributed by atoms with E-state index in [1.54, 1.807) is 18.6 Å². The summed E-state index contributed by atoms with van der Waals surface area (Å²) in [4.78, 5) is 28.4. The minimum absolute atomic E-state index is 0.0756. The van der Waals surface area contributed by atoms with Crippen LogP contribution in [0.2, 0.25) is 10.0 Å². The number of anilines is 2. The van der Waals surface area contributed by atoms with Gasteiger partial charge in [0.05, 0.1) is 30.4 Å². The SMILES string of the molecule is C=CC(=O)Nc1cc(-c2ncc3cc(-c4c(Cl)c(O)cc(OC)c4Cl)c4nccn4c3n2)cc(N2CCOCC2)c1. The number of hydrogen-bond acceptors (Lipinski definition) is 8. The molecule has 2 N–H and O–H groups in total. The molecule has 0 spiro atoms. The van der Waals surface area contributed by atoms with E-state index in [2.05, 4.69) is 26.8 Å². The summed E-state index contributed by atoms with van der Waals surface area (Å²) in [5.74, 6) is 0.251. The zero-order valence-electron chi connectivity index (χ0n) is 21.9. The maximum Gasteiger partial charge on any atom is 0.247 e. The van der Waals surface area contributed by atoms with Gasteiger partial charge in [0.2, 0.25) is 5.91 Å². The van der Waals surface area contributed by atoms with Crippen molar-refractivity contribution >= 4 is 57.2 Å². The summed E-state index contributed by atoms with van der Waals surface area (Å²) in [6, 6.07) is 8.92. The van der Waals surface area contributed by atoms with Crippen molar-refractivity contribution in [2.75, 3.05) is 43.6 Å². The molecule has 3 aromatic heterocycles. The number of hydrogen-bond donors (Lipinski definition) is 2. The number of pyridine rings is 1. The van der Waals surface area contributed by atoms with E-state index in [0.717, 1.165) is 24.3 Å². The van der Waals surface area contributed by atoms with Crippen molar-refractivity contribution in [3.8, 4) is 34.0 Å². The Hall–Kier alpha value is -4.38. The molecule has 0 unspecified atom stereocenters. The molecule has 2 aromatic carbocycles. The van der Waals surface area contributed by atoms with Gasteiger partial charge in [-0.3, -0.25) is 9.20 Å². The van der Waals surface area contributed by atoms with Crippen molar-refractivity contribution in [3.05, 3.63) is 71.6 Å². The molecule has 10 nitrogen and oxygen atoms in total. The van der Waals surface area contributed by atoms with E-state index in [9.17, 15) is 9.90 Å². The largest absolute Gasteiger partial charge is 0.506 e. The van der Waals surface area contributed by atoms with Crippen molar-refractivity contribution in [3.63, 3.8) is 0 Å². The average molecular weight is 591 g/mol. The molecular weight excluding hydrogens is 567 g/mol. The molecule has 12 heteroatoms. The Morgan fingerprint density at radius 3 is 2.68 bits per heavy atom. The number of aromatic hydroxyl groups is 1. The van der Waals surface area contributed by atoms with Crippen LogP contribution >= 0.6 is 23.2 Å². The lowest BCUT2D eigenvalue weighted by atomic mass is 10.0. The number of imidazole rings is 1. The first-order chi connectivity index (χ1) is 19.9. The van der Waals surface area contributed by atoms with Crippen LogP contribution in [0.4, 0.5) is 11.4 Å². The van der Waals surface area contributed by atoms with E-state index in [0.29, 0.717) is 52.5 Å². The van der Waals surface area contributed by atoms with Crippen LogP contribution in [-0.4, -0.2) is 63.8 Å². The van der Waals surface area contributed by atoms with Gasteiger partial charge in [0.1, 0.15) is 22.8 Å². The van der Waals surface area contributed by atoms with E-state index < -0.39 is 0 Å². The zero-order valence-corrected chi connectivity index (χ0v) is 23.4. The van der Waals surface area contributed by atoms with E-state index in [-0.39, 0.29) is 27.5 Å². The maximum absolute atomic E-state index is 12.1. The van der Waals surface area contributed by atoms with E-state index in [4.69, 9.17) is 37.7 Å². The number of amides is 1. The molecule has 41 heavy (non-hydrogen) atoms. The van der Waals surface area contributed by atoms with Gasteiger partial charge in [0, 0.05) is 71.2 Å². The van der Waals surface area contributed by atoms with Crippen molar-refractivity contribution in [1.82, 2.24) is 19.4 Å². The topological polar surface area (TPSA) is 114 Å². The molecule has 1 aliphatic rings. The summed E-state index contributed by atoms with van der Waals surface area (Å²) >= 11 is 13.2. The fraction of sp³-hybridized carbons (Fsp3) is 0.172. The Morgan fingerprint density at radius 2 is 1.93 bits per heavy atom. The highest BCUT2D eigenvalue weighted by Gasteiger charge is 2.22. The molecule has 6 rings (SSSR count). The van der Waals surface area contributed by atoms with Crippen LogP contribution in [0.1, 0.15) is 0 Å². The quantitative estimate of drug-likeness (QED) is 0.246. The Morgan fingerprint density at radius 1 is 1.12 bits per heavy atom. The molecule has 1 amide bonds. The fourth-order valence-corrected chi connectivity index (χ4v) is 5.51. The monoisotopic (exact) mass is 590 g/mol. The Kier molecular flexibility index (Phi) is 7.12. The fourth-order valence-electron chi connectivity index (χ4n) is 4.89. The Balaban J connectivity index is 1.51. The summed E-state index contributed by atoms with van der Waals surface area (Å²) in [5.41, 5.74) is 4.32. The molecular formula is C29H24Cl2N6O4. The molecule has 1 aliphatic heterocycles. The standard InChI is InChI=1S/C29H24Cl2N6O4/c1-3-23(39)34-18-10-16(11-19(13-18)36-6-8-41-9-7-36)27-33-15-17-12-20(29-32-4-5-37(29)28(17)35-27)24-25(30)21(38)14-22(40-2)26(24)31/h3-5,10-15,38H,1,6-9H2,2H3,(H,34,39). The lowest BCUT2D eigenvalue weighted by Crippen LogP contribution is -2.36. The van der Waals surface area contributed by atoms with Crippen molar-refractivity contribution in [2.24, 2.45) is 0 Å². The number of aromatic nitrogens is 4. The molecule has 0 atom stereocenters. The summed E-state index contributed by atoms with van der Waals surface area (Å²) in [6.07, 6.45) is 6.34. The third kappa shape index (κ3) is 4.90. The maximum atomic E-state index is 12.1. The van der Waals surface area contributed by atoms with Crippen LogP contribution in [0.3, 0.4) is 0 Å². The van der Waals surface area contributed by atoms with Gasteiger partial charge in [0.15, 0.2) is 5.82 Å². The van der Waals surface area contributed by atoms with E-state index in [1.807, 2.05) is 28.7 Å². The lowest BCUT2D eigenvalue weighted by molar-refractivity contribution is -0.111. The van der Waals surface area contributed by atoms with E-state index in [1.165, 1.54) is 19.3 Å². The second kappa shape index (κ2) is 10.9. The molecule has 4 heterocycles. The highest BCUT2D eigenvalue weighted by molar-refractivity contribution is 6.41. The number of nitrogens with zero attached hydrogens (tertiary/aromatic N) is 5. The Bertz CT molecular complexity index is 1830. The normalized spacial score (nSPS) is 13.5. The molecule has 208 valence electrons. The second-order valence-corrected chi connectivity index (χ2v) is 10.1. The lowest BCUT2D eigenvalue weighted by Gasteiger charge is -2.29. The molecule has 0 aliphatic carbocycles. The number of carbonyl (C=O) groups excluding carboxylic acids is 1. The number of methoxy groups -OCH3 is 1. The van der Waals surface area contributed by atoms with Gasteiger partial charge in [0.25, 0.3) is 0 Å². The first-order valence-electron chi connectivity index (χ1n) is 12.7. The average Bonchev–Trinajstić information content (AvgIpc) is 3.50. The first-order valence-corrected chi connectivity index (χ1v) is 13.4. The number of carbonyl (C=O) groups is 1. The van der Waals surface area contributed by atoms with Crippen molar-refractivity contribution in [1.29, 1.82) is 0 Å². The van der Waals surface area contributed by atoms with Gasteiger partial charge in [-0.15, -0.1) is 0 Å². The number of benzene rings is 2. The number of nitrogens with one attached hydrogen (secondary N) is 1. The highest BCUT2D eigenvalue weighted by Crippen LogP contribution is 2.47. The summed E-state index contributed by atoms with van der Waals surface area (Å²) in [7, 11) is 1.46.